The molecular weight excluding hydrogens is 128 g/mol. The van der Waals surface area contributed by atoms with E-state index in [1.807, 2.05) is 20.8 Å². The molecule has 0 bridgehead atoms. The van der Waals surface area contributed by atoms with E-state index in [1.54, 1.807) is 0 Å². The highest BCUT2D eigenvalue weighted by molar-refractivity contribution is 6.47. The van der Waals surface area contributed by atoms with Crippen molar-refractivity contribution in [3.8, 4) is 0 Å². The number of hydrogen-bond donors (Lipinski definition) is 0. The zero-order valence-corrected chi connectivity index (χ0v) is 6.38. The van der Waals surface area contributed by atoms with Gasteiger partial charge in [0.15, 0.2) is 0 Å². The van der Waals surface area contributed by atoms with Gasteiger partial charge in [-0.3, -0.25) is 0 Å². The Bertz CT molecular complexity index is 226. The molecule has 0 saturated heterocycles. The Morgan fingerprint density at radius 2 is 1.90 bits per heavy atom. The van der Waals surface area contributed by atoms with Crippen molar-refractivity contribution in [2.45, 2.75) is 20.8 Å². The number of amides is 2. The van der Waals surface area contributed by atoms with Crippen LogP contribution < -0.4 is 0 Å². The van der Waals surface area contributed by atoms with Crippen molar-refractivity contribution in [3.05, 3.63) is 0 Å². The molecule has 0 unspecified atom stereocenters. The van der Waals surface area contributed by atoms with E-state index < -0.39 is 0 Å². The van der Waals surface area contributed by atoms with E-state index in [2.05, 4.69) is 9.98 Å². The summed E-state index contributed by atoms with van der Waals surface area (Å²) in [6.07, 6.45) is 0. The Morgan fingerprint density at radius 1 is 1.30 bits per heavy atom. The highest BCUT2D eigenvalue weighted by Crippen LogP contribution is 2.07. The van der Waals surface area contributed by atoms with E-state index in [-0.39, 0.29) is 6.03 Å². The molecule has 3 nitrogen and oxygen atoms in total. The third-order valence-electron chi connectivity index (χ3n) is 1.40. The fraction of sp³-hybridized carbons (Fsp3) is 0.571. The van der Waals surface area contributed by atoms with Crippen molar-refractivity contribution in [1.82, 2.24) is 0 Å². The van der Waals surface area contributed by atoms with Crippen LogP contribution in [0.2, 0.25) is 0 Å². The van der Waals surface area contributed by atoms with Gasteiger partial charge in [-0.1, -0.05) is 13.8 Å². The number of aliphatic imine (C=N–C) groups is 2. The van der Waals surface area contributed by atoms with Crippen molar-refractivity contribution in [1.29, 1.82) is 0 Å². The molecule has 10 heavy (non-hydrogen) atoms. The predicted octanol–water partition coefficient (Wildman–Crippen LogP) is 1.68. The van der Waals surface area contributed by atoms with Crippen LogP contribution in [-0.2, 0) is 0 Å². The summed E-state index contributed by atoms with van der Waals surface area (Å²) < 4.78 is 0. The number of rotatable bonds is 1. The minimum absolute atomic E-state index is 0.301. The van der Waals surface area contributed by atoms with Crippen LogP contribution in [0.5, 0.6) is 0 Å². The average Bonchev–Trinajstić information content (AvgIpc) is 2.10. The maximum atomic E-state index is 10.6. The number of urea groups is 1. The van der Waals surface area contributed by atoms with Crippen LogP contribution in [0.3, 0.4) is 0 Å². The Labute approximate surface area is 59.9 Å². The lowest BCUT2D eigenvalue weighted by atomic mass is 10.1. The highest BCUT2D eigenvalue weighted by atomic mass is 16.2. The summed E-state index contributed by atoms with van der Waals surface area (Å²) >= 11 is 0. The van der Waals surface area contributed by atoms with Crippen LogP contribution in [-0.4, -0.2) is 17.5 Å². The van der Waals surface area contributed by atoms with Gasteiger partial charge in [-0.2, -0.15) is 9.98 Å². The SMILES string of the molecule is CC1=NC(=O)N=C1C(C)C. The fourth-order valence-corrected chi connectivity index (χ4v) is 0.957. The molecule has 0 aromatic rings. The van der Waals surface area contributed by atoms with E-state index in [0.717, 1.165) is 11.4 Å². The maximum Gasteiger partial charge on any atom is 0.367 e. The number of carbonyl (C=O) groups excluding carboxylic acids is 1. The van der Waals surface area contributed by atoms with E-state index >= 15 is 0 Å². The van der Waals surface area contributed by atoms with Crippen LogP contribution in [0.4, 0.5) is 4.79 Å². The summed E-state index contributed by atoms with van der Waals surface area (Å²) in [5.74, 6) is 0.301. The third kappa shape index (κ3) is 1.12. The zero-order chi connectivity index (χ0) is 7.72. The fourth-order valence-electron chi connectivity index (χ4n) is 0.957. The molecule has 0 N–H and O–H groups in total. The first kappa shape index (κ1) is 7.12. The Hall–Kier alpha value is -0.990. The van der Waals surface area contributed by atoms with Crippen LogP contribution in [0.1, 0.15) is 20.8 Å². The van der Waals surface area contributed by atoms with Crippen molar-refractivity contribution < 1.29 is 4.79 Å². The van der Waals surface area contributed by atoms with Gasteiger partial charge in [-0.15, -0.1) is 0 Å². The zero-order valence-electron chi connectivity index (χ0n) is 6.38. The van der Waals surface area contributed by atoms with Crippen LogP contribution in [0.15, 0.2) is 9.98 Å². The van der Waals surface area contributed by atoms with Crippen molar-refractivity contribution >= 4 is 17.5 Å². The standard InChI is InChI=1S/C7H10N2O/c1-4(2)6-5(3)8-7(10)9-6/h4H,1-3H3. The number of carbonyl (C=O) groups is 1. The molecule has 0 aromatic carbocycles. The molecule has 54 valence electrons. The number of nitrogens with zero attached hydrogens (tertiary/aromatic N) is 2. The van der Waals surface area contributed by atoms with Crippen molar-refractivity contribution in [3.63, 3.8) is 0 Å². The smallest absolute Gasteiger partial charge is 0.244 e. The van der Waals surface area contributed by atoms with E-state index in [9.17, 15) is 4.79 Å². The summed E-state index contributed by atoms with van der Waals surface area (Å²) in [6, 6.07) is -0.360. The Balaban J connectivity index is 2.90. The second-order valence-corrected chi connectivity index (χ2v) is 2.63. The van der Waals surface area contributed by atoms with Crippen LogP contribution in [0, 0.1) is 5.92 Å². The van der Waals surface area contributed by atoms with Crippen LogP contribution >= 0.6 is 0 Å². The van der Waals surface area contributed by atoms with Gasteiger partial charge in [0.1, 0.15) is 0 Å². The van der Waals surface area contributed by atoms with Gasteiger partial charge < -0.3 is 0 Å². The summed E-state index contributed by atoms with van der Waals surface area (Å²) in [7, 11) is 0. The summed E-state index contributed by atoms with van der Waals surface area (Å²) in [6.45, 7) is 5.80. The second-order valence-electron chi connectivity index (χ2n) is 2.63. The second kappa shape index (κ2) is 2.33. The largest absolute Gasteiger partial charge is 0.367 e. The first-order valence-corrected chi connectivity index (χ1v) is 3.29. The summed E-state index contributed by atoms with van der Waals surface area (Å²) in [5, 5.41) is 0. The van der Waals surface area contributed by atoms with Gasteiger partial charge in [-0.05, 0) is 12.8 Å². The minimum atomic E-state index is -0.360. The molecular formula is C7H10N2O. The molecule has 1 aliphatic heterocycles. The topological polar surface area (TPSA) is 41.8 Å². The molecule has 1 heterocycles. The van der Waals surface area contributed by atoms with Gasteiger partial charge >= 0.3 is 6.03 Å². The van der Waals surface area contributed by atoms with E-state index in [1.165, 1.54) is 0 Å². The van der Waals surface area contributed by atoms with Crippen LogP contribution in [0.25, 0.3) is 0 Å². The van der Waals surface area contributed by atoms with Crippen molar-refractivity contribution in [2.75, 3.05) is 0 Å². The van der Waals surface area contributed by atoms with Gasteiger partial charge in [0.2, 0.25) is 0 Å². The lowest BCUT2D eigenvalue weighted by Gasteiger charge is -2.01. The predicted molar refractivity (Wildman–Crippen MR) is 40.8 cm³/mol. The Kier molecular flexibility index (Phi) is 1.66. The molecule has 1 aliphatic rings. The monoisotopic (exact) mass is 138 g/mol. The highest BCUT2D eigenvalue weighted by Gasteiger charge is 2.17. The van der Waals surface area contributed by atoms with Gasteiger partial charge in [0.05, 0.1) is 11.4 Å². The molecule has 0 fully saturated rings. The molecule has 0 atom stereocenters. The van der Waals surface area contributed by atoms with E-state index in [0.29, 0.717) is 5.92 Å². The minimum Gasteiger partial charge on any atom is -0.244 e. The third-order valence-corrected chi connectivity index (χ3v) is 1.40. The molecule has 0 aromatic heterocycles. The molecule has 0 radical (unpaired) electrons. The molecule has 3 heteroatoms. The molecule has 0 saturated carbocycles. The summed E-state index contributed by atoms with van der Waals surface area (Å²) in [5.41, 5.74) is 1.59. The van der Waals surface area contributed by atoms with Crippen molar-refractivity contribution in [2.24, 2.45) is 15.9 Å². The molecule has 0 spiro atoms. The average molecular weight is 138 g/mol. The molecule has 0 aliphatic carbocycles. The Morgan fingerprint density at radius 3 is 2.10 bits per heavy atom. The number of hydrogen-bond acceptors (Lipinski definition) is 1. The first-order chi connectivity index (χ1) is 4.61. The maximum absolute atomic E-state index is 10.6. The van der Waals surface area contributed by atoms with Gasteiger partial charge in [0.25, 0.3) is 0 Å². The lowest BCUT2D eigenvalue weighted by molar-refractivity contribution is 0.257. The van der Waals surface area contributed by atoms with E-state index in [4.69, 9.17) is 0 Å². The van der Waals surface area contributed by atoms with Gasteiger partial charge in [0, 0.05) is 0 Å². The van der Waals surface area contributed by atoms with Gasteiger partial charge in [-0.25, -0.2) is 4.79 Å². The molecule has 1 rings (SSSR count). The first-order valence-electron chi connectivity index (χ1n) is 3.29. The quantitative estimate of drug-likeness (QED) is 0.543. The normalized spacial score (nSPS) is 17.8. The lowest BCUT2D eigenvalue weighted by Crippen LogP contribution is -2.13. The summed E-state index contributed by atoms with van der Waals surface area (Å²) in [4.78, 5) is 18.0. The molecule has 2 amide bonds.